The number of aromatic amines is 1. The molecule has 0 bridgehead atoms. The van der Waals surface area contributed by atoms with Crippen molar-refractivity contribution in [1.29, 1.82) is 0 Å². The third kappa shape index (κ3) is 1.64. The van der Waals surface area contributed by atoms with Crippen LogP contribution in [0.3, 0.4) is 0 Å². The Hall–Kier alpha value is -1.32. The van der Waals surface area contributed by atoms with Crippen molar-refractivity contribution in [2.45, 2.75) is 38.6 Å². The Labute approximate surface area is 83.1 Å². The third-order valence-electron chi connectivity index (χ3n) is 2.66. The lowest BCUT2D eigenvalue weighted by atomic mass is 9.96. The summed E-state index contributed by atoms with van der Waals surface area (Å²) in [5.74, 6) is 0.103. The van der Waals surface area contributed by atoms with Gasteiger partial charge in [0.1, 0.15) is 0 Å². The fourth-order valence-electron chi connectivity index (χ4n) is 1.89. The first-order valence-electron chi connectivity index (χ1n) is 5.12. The summed E-state index contributed by atoms with van der Waals surface area (Å²) in [6, 6.07) is 0.123. The Morgan fingerprint density at radius 1 is 1.79 bits per heavy atom. The van der Waals surface area contributed by atoms with Gasteiger partial charge in [0.25, 0.3) is 0 Å². The smallest absolute Gasteiger partial charge is 0.220 e. The summed E-state index contributed by atoms with van der Waals surface area (Å²) in [5, 5.41) is 2.99. The van der Waals surface area contributed by atoms with Gasteiger partial charge in [0.05, 0.1) is 18.1 Å². The predicted molar refractivity (Wildman–Crippen MR) is 52.7 cm³/mol. The molecule has 2 rings (SSSR count). The van der Waals surface area contributed by atoms with Gasteiger partial charge < -0.3 is 10.3 Å². The Morgan fingerprint density at radius 3 is 3.43 bits per heavy atom. The first kappa shape index (κ1) is 9.24. The normalized spacial score (nSPS) is 20.2. The van der Waals surface area contributed by atoms with Crippen LogP contribution in [0.25, 0.3) is 0 Å². The van der Waals surface area contributed by atoms with Gasteiger partial charge in [0.15, 0.2) is 0 Å². The maximum atomic E-state index is 11.3. The van der Waals surface area contributed by atoms with Crippen molar-refractivity contribution in [3.8, 4) is 0 Å². The predicted octanol–water partition coefficient (Wildman–Crippen LogP) is 1.31. The van der Waals surface area contributed by atoms with Crippen molar-refractivity contribution in [3.05, 3.63) is 17.7 Å². The molecule has 76 valence electrons. The van der Waals surface area contributed by atoms with E-state index in [2.05, 4.69) is 15.3 Å². The Balaban J connectivity index is 2.12. The van der Waals surface area contributed by atoms with Crippen LogP contribution in [-0.4, -0.2) is 15.9 Å². The third-order valence-corrected chi connectivity index (χ3v) is 2.66. The van der Waals surface area contributed by atoms with Gasteiger partial charge in [-0.15, -0.1) is 0 Å². The lowest BCUT2D eigenvalue weighted by molar-refractivity contribution is -0.121. The average Bonchev–Trinajstić information content (AvgIpc) is 2.66. The fourth-order valence-corrected chi connectivity index (χ4v) is 1.89. The highest BCUT2D eigenvalue weighted by atomic mass is 16.1. The van der Waals surface area contributed by atoms with E-state index in [0.717, 1.165) is 25.0 Å². The van der Waals surface area contributed by atoms with Crippen molar-refractivity contribution in [1.82, 2.24) is 15.3 Å². The zero-order valence-electron chi connectivity index (χ0n) is 8.34. The minimum absolute atomic E-state index is 0.103. The summed E-state index contributed by atoms with van der Waals surface area (Å²) in [7, 11) is 0. The Bertz CT molecular complexity index is 332. The molecule has 1 aromatic heterocycles. The summed E-state index contributed by atoms with van der Waals surface area (Å²) in [5.41, 5.74) is 2.20. The van der Waals surface area contributed by atoms with E-state index in [0.29, 0.717) is 6.42 Å². The molecule has 4 nitrogen and oxygen atoms in total. The molecule has 0 aliphatic heterocycles. The number of rotatable bonds is 2. The number of carbonyl (C=O) groups is 1. The quantitative estimate of drug-likeness (QED) is 0.744. The van der Waals surface area contributed by atoms with Gasteiger partial charge in [0, 0.05) is 12.1 Å². The Morgan fingerprint density at radius 2 is 2.64 bits per heavy atom. The lowest BCUT2D eigenvalue weighted by Crippen LogP contribution is -2.30. The van der Waals surface area contributed by atoms with Gasteiger partial charge in [-0.3, -0.25) is 4.79 Å². The van der Waals surface area contributed by atoms with E-state index in [1.54, 1.807) is 6.33 Å². The number of aryl methyl sites for hydroxylation is 1. The first-order chi connectivity index (χ1) is 6.81. The molecule has 14 heavy (non-hydrogen) atoms. The number of aromatic nitrogens is 2. The number of amides is 1. The highest BCUT2D eigenvalue weighted by Gasteiger charge is 2.23. The topological polar surface area (TPSA) is 57.8 Å². The van der Waals surface area contributed by atoms with Crippen LogP contribution >= 0.6 is 0 Å². The lowest BCUT2D eigenvalue weighted by Gasteiger charge is -2.22. The molecule has 1 unspecified atom stereocenters. The molecule has 0 radical (unpaired) electrons. The molecular weight excluding hydrogens is 178 g/mol. The second-order valence-corrected chi connectivity index (χ2v) is 3.63. The van der Waals surface area contributed by atoms with E-state index in [9.17, 15) is 4.79 Å². The summed E-state index contributed by atoms with van der Waals surface area (Å²) in [6.45, 7) is 1.86. The zero-order valence-corrected chi connectivity index (χ0v) is 8.34. The van der Waals surface area contributed by atoms with E-state index in [1.807, 2.05) is 6.92 Å². The Kier molecular flexibility index (Phi) is 2.52. The number of nitrogens with zero attached hydrogens (tertiary/aromatic N) is 1. The minimum atomic E-state index is 0.103. The molecular formula is C10H15N3O. The van der Waals surface area contributed by atoms with Crippen molar-refractivity contribution >= 4 is 5.91 Å². The van der Waals surface area contributed by atoms with Gasteiger partial charge in [-0.05, 0) is 19.3 Å². The summed E-state index contributed by atoms with van der Waals surface area (Å²) in [6.07, 6.45) is 5.42. The van der Waals surface area contributed by atoms with E-state index in [4.69, 9.17) is 0 Å². The molecule has 1 atom stereocenters. The van der Waals surface area contributed by atoms with Crippen molar-refractivity contribution in [3.63, 3.8) is 0 Å². The van der Waals surface area contributed by atoms with E-state index < -0.39 is 0 Å². The van der Waals surface area contributed by atoms with Crippen LogP contribution in [0.15, 0.2) is 6.33 Å². The van der Waals surface area contributed by atoms with Gasteiger partial charge in [-0.2, -0.15) is 0 Å². The monoisotopic (exact) mass is 193 g/mol. The van der Waals surface area contributed by atoms with Gasteiger partial charge in [0.2, 0.25) is 5.91 Å². The highest BCUT2D eigenvalue weighted by molar-refractivity contribution is 5.76. The van der Waals surface area contributed by atoms with Gasteiger partial charge in [-0.1, -0.05) is 6.92 Å². The van der Waals surface area contributed by atoms with Crippen molar-refractivity contribution in [2.75, 3.05) is 0 Å². The standard InChI is InChI=1S/C10H15N3O/c1-2-9(14)13-8-5-3-4-7-10(8)12-6-11-7/h6,8H,2-5H2,1H3,(H,11,12)(H,13,14). The number of carbonyl (C=O) groups excluding carboxylic acids is 1. The van der Waals surface area contributed by atoms with Crippen LogP contribution in [0, 0.1) is 0 Å². The van der Waals surface area contributed by atoms with Crippen molar-refractivity contribution < 1.29 is 4.79 Å². The van der Waals surface area contributed by atoms with E-state index >= 15 is 0 Å². The first-order valence-corrected chi connectivity index (χ1v) is 5.12. The van der Waals surface area contributed by atoms with Gasteiger partial charge >= 0.3 is 0 Å². The molecule has 0 fully saturated rings. The molecule has 0 saturated heterocycles. The van der Waals surface area contributed by atoms with Crippen LogP contribution in [0.5, 0.6) is 0 Å². The fraction of sp³-hybridized carbons (Fsp3) is 0.600. The maximum absolute atomic E-state index is 11.3. The molecule has 1 aromatic rings. The number of nitrogens with one attached hydrogen (secondary N) is 2. The van der Waals surface area contributed by atoms with Gasteiger partial charge in [-0.25, -0.2) is 4.98 Å². The van der Waals surface area contributed by atoms with Crippen LogP contribution in [0.4, 0.5) is 0 Å². The summed E-state index contributed by atoms with van der Waals surface area (Å²) >= 11 is 0. The van der Waals surface area contributed by atoms with Crippen LogP contribution < -0.4 is 5.32 Å². The number of H-pyrrole nitrogens is 1. The molecule has 0 saturated carbocycles. The average molecular weight is 193 g/mol. The molecule has 0 aromatic carbocycles. The largest absolute Gasteiger partial charge is 0.348 e. The maximum Gasteiger partial charge on any atom is 0.220 e. The SMILES string of the molecule is CCC(=O)NC1CCCc2[nH]cnc21. The molecule has 1 amide bonds. The summed E-state index contributed by atoms with van der Waals surface area (Å²) < 4.78 is 0. The van der Waals surface area contributed by atoms with Crippen LogP contribution in [0.1, 0.15) is 43.6 Å². The minimum Gasteiger partial charge on any atom is -0.348 e. The number of imidazole rings is 1. The second kappa shape index (κ2) is 3.82. The zero-order chi connectivity index (χ0) is 9.97. The van der Waals surface area contributed by atoms with Crippen LogP contribution in [-0.2, 0) is 11.2 Å². The molecule has 1 heterocycles. The number of fused-ring (bicyclic) bond motifs is 1. The second-order valence-electron chi connectivity index (χ2n) is 3.63. The molecule has 4 heteroatoms. The molecule has 2 N–H and O–H groups in total. The van der Waals surface area contributed by atoms with E-state index in [1.165, 1.54) is 5.69 Å². The molecule has 0 spiro atoms. The molecule has 1 aliphatic carbocycles. The van der Waals surface area contributed by atoms with E-state index in [-0.39, 0.29) is 11.9 Å². The summed E-state index contributed by atoms with van der Waals surface area (Å²) in [4.78, 5) is 18.6. The van der Waals surface area contributed by atoms with Crippen molar-refractivity contribution in [2.24, 2.45) is 0 Å². The number of hydrogen-bond acceptors (Lipinski definition) is 2. The number of hydrogen-bond donors (Lipinski definition) is 2. The molecule has 1 aliphatic rings. The van der Waals surface area contributed by atoms with Crippen LogP contribution in [0.2, 0.25) is 0 Å². The highest BCUT2D eigenvalue weighted by Crippen LogP contribution is 2.26.